The molecule has 1 aliphatic heterocycles. The summed E-state index contributed by atoms with van der Waals surface area (Å²) in [6.07, 6.45) is 1.55. The van der Waals surface area contributed by atoms with Crippen LogP contribution in [0.5, 0.6) is 0 Å². The first-order valence-electron chi connectivity index (χ1n) is 6.97. The van der Waals surface area contributed by atoms with Crippen molar-refractivity contribution in [2.24, 2.45) is 0 Å². The molecule has 1 aliphatic rings. The van der Waals surface area contributed by atoms with Crippen LogP contribution in [0.3, 0.4) is 0 Å². The van der Waals surface area contributed by atoms with E-state index in [1.807, 2.05) is 0 Å². The number of rotatable bonds is 2. The fourth-order valence-electron chi connectivity index (χ4n) is 2.42. The highest BCUT2D eigenvalue weighted by Gasteiger charge is 2.32. The average Bonchev–Trinajstić information content (AvgIpc) is 2.55. The fraction of sp³-hybridized carbons (Fsp3) is 0.400. The van der Waals surface area contributed by atoms with E-state index in [9.17, 15) is 13.2 Å². The summed E-state index contributed by atoms with van der Waals surface area (Å²) >= 11 is 0. The molecule has 1 fully saturated rings. The Labute approximate surface area is 125 Å². The number of alkyl halides is 3. The third-order valence-electron chi connectivity index (χ3n) is 3.64. The molecule has 0 N–H and O–H groups in total. The fourth-order valence-corrected chi connectivity index (χ4v) is 2.42. The molecule has 0 saturated carbocycles. The van der Waals surface area contributed by atoms with Crippen LogP contribution in [-0.4, -0.2) is 28.2 Å². The van der Waals surface area contributed by atoms with Crippen LogP contribution in [0.25, 0.3) is 11.1 Å². The summed E-state index contributed by atoms with van der Waals surface area (Å²) in [5.41, 5.74) is 0.0306. The number of ether oxygens (including phenoxy) is 1. The minimum Gasteiger partial charge on any atom is -0.381 e. The lowest BCUT2D eigenvalue weighted by atomic mass is 9.99. The van der Waals surface area contributed by atoms with Crippen molar-refractivity contribution >= 4 is 0 Å². The molecule has 22 heavy (non-hydrogen) atoms. The summed E-state index contributed by atoms with van der Waals surface area (Å²) in [6.45, 7) is 1.38. The molecule has 0 atom stereocenters. The minimum atomic E-state index is -4.46. The zero-order valence-electron chi connectivity index (χ0n) is 11.7. The van der Waals surface area contributed by atoms with Crippen LogP contribution in [0.4, 0.5) is 13.2 Å². The van der Waals surface area contributed by atoms with Crippen LogP contribution < -0.4 is 0 Å². The molecule has 1 saturated heterocycles. The highest BCUT2D eigenvalue weighted by molar-refractivity contribution is 5.61. The van der Waals surface area contributed by atoms with E-state index in [-0.39, 0.29) is 5.92 Å². The predicted octanol–water partition coefficient (Wildman–Crippen LogP) is 3.45. The summed E-state index contributed by atoms with van der Waals surface area (Å²) in [6, 6.07) is 2.52. The van der Waals surface area contributed by atoms with E-state index < -0.39 is 11.9 Å². The normalized spacial score (nSPS) is 16.7. The molecule has 0 unspecified atom stereocenters. The van der Waals surface area contributed by atoms with Gasteiger partial charge in [-0.1, -0.05) is 0 Å². The summed E-state index contributed by atoms with van der Waals surface area (Å²) in [5.74, 6) is 0.975. The van der Waals surface area contributed by atoms with Gasteiger partial charge in [-0.15, -0.1) is 0 Å². The van der Waals surface area contributed by atoms with Crippen LogP contribution >= 0.6 is 0 Å². The Morgan fingerprint density at radius 1 is 1.00 bits per heavy atom. The zero-order chi connectivity index (χ0) is 15.6. The second-order valence-electron chi connectivity index (χ2n) is 5.14. The molecule has 2 aromatic rings. The monoisotopic (exact) mass is 309 g/mol. The van der Waals surface area contributed by atoms with Gasteiger partial charge in [0.25, 0.3) is 0 Å². The standard InChI is InChI=1S/C15H14F3N3O/c16-15(17,18)13-7-11(1-4-19-13)12-8-20-14(21-9-12)10-2-5-22-6-3-10/h1,4,7-10H,2-3,5-6H2. The van der Waals surface area contributed by atoms with Gasteiger partial charge in [-0.2, -0.15) is 13.2 Å². The van der Waals surface area contributed by atoms with Crippen LogP contribution in [0.1, 0.15) is 30.3 Å². The summed E-state index contributed by atoms with van der Waals surface area (Å²) < 4.78 is 43.3. The van der Waals surface area contributed by atoms with E-state index >= 15 is 0 Å². The van der Waals surface area contributed by atoms with E-state index in [2.05, 4.69) is 15.0 Å². The van der Waals surface area contributed by atoms with Crippen LogP contribution in [0, 0.1) is 0 Å². The van der Waals surface area contributed by atoms with Crippen molar-refractivity contribution in [1.82, 2.24) is 15.0 Å². The van der Waals surface area contributed by atoms with Gasteiger partial charge in [0.2, 0.25) is 0 Å². The first-order valence-corrected chi connectivity index (χ1v) is 6.97. The van der Waals surface area contributed by atoms with Gasteiger partial charge in [-0.25, -0.2) is 9.97 Å². The average molecular weight is 309 g/mol. The molecular weight excluding hydrogens is 295 g/mol. The van der Waals surface area contributed by atoms with Gasteiger partial charge < -0.3 is 4.74 Å². The lowest BCUT2D eigenvalue weighted by molar-refractivity contribution is -0.141. The van der Waals surface area contributed by atoms with Gasteiger partial charge in [-0.05, 0) is 30.5 Å². The SMILES string of the molecule is FC(F)(F)c1cc(-c2cnc(C3CCOCC3)nc2)ccn1. The lowest BCUT2D eigenvalue weighted by Gasteiger charge is -2.20. The molecule has 3 rings (SSSR count). The molecule has 0 aliphatic carbocycles. The van der Waals surface area contributed by atoms with Crippen molar-refractivity contribution in [2.75, 3.05) is 13.2 Å². The van der Waals surface area contributed by atoms with Gasteiger partial charge in [0.1, 0.15) is 11.5 Å². The second-order valence-corrected chi connectivity index (χ2v) is 5.14. The van der Waals surface area contributed by atoms with Gasteiger partial charge in [0, 0.05) is 43.3 Å². The number of pyridine rings is 1. The zero-order valence-corrected chi connectivity index (χ0v) is 11.7. The Morgan fingerprint density at radius 2 is 1.68 bits per heavy atom. The molecule has 2 aromatic heterocycles. The first-order chi connectivity index (χ1) is 10.5. The summed E-state index contributed by atoms with van der Waals surface area (Å²) in [5, 5.41) is 0. The Kier molecular flexibility index (Phi) is 4.06. The molecule has 116 valence electrons. The highest BCUT2D eigenvalue weighted by atomic mass is 19.4. The van der Waals surface area contributed by atoms with Gasteiger partial charge >= 0.3 is 6.18 Å². The molecule has 0 spiro atoms. The topological polar surface area (TPSA) is 47.9 Å². The van der Waals surface area contributed by atoms with Crippen LogP contribution in [0.15, 0.2) is 30.7 Å². The molecular formula is C15H14F3N3O. The Balaban J connectivity index is 1.83. The quantitative estimate of drug-likeness (QED) is 0.852. The van der Waals surface area contributed by atoms with Crippen molar-refractivity contribution < 1.29 is 17.9 Å². The van der Waals surface area contributed by atoms with E-state index in [4.69, 9.17) is 4.74 Å². The van der Waals surface area contributed by atoms with Gasteiger partial charge in [0.15, 0.2) is 0 Å². The summed E-state index contributed by atoms with van der Waals surface area (Å²) in [7, 11) is 0. The molecule has 4 nitrogen and oxygen atoms in total. The van der Waals surface area contributed by atoms with E-state index in [0.29, 0.717) is 24.3 Å². The Bertz CT molecular complexity index is 637. The van der Waals surface area contributed by atoms with E-state index in [0.717, 1.165) is 30.9 Å². The first kappa shape index (κ1) is 14.9. The molecule has 0 aromatic carbocycles. The predicted molar refractivity (Wildman–Crippen MR) is 73.1 cm³/mol. The van der Waals surface area contributed by atoms with Crippen LogP contribution in [-0.2, 0) is 10.9 Å². The van der Waals surface area contributed by atoms with Gasteiger partial charge in [-0.3, -0.25) is 4.98 Å². The Hall–Kier alpha value is -2.02. The highest BCUT2D eigenvalue weighted by Crippen LogP contribution is 2.30. The third-order valence-corrected chi connectivity index (χ3v) is 3.64. The lowest BCUT2D eigenvalue weighted by Crippen LogP contribution is -2.16. The minimum absolute atomic E-state index is 0.256. The van der Waals surface area contributed by atoms with Gasteiger partial charge in [0.05, 0.1) is 0 Å². The van der Waals surface area contributed by atoms with E-state index in [1.54, 1.807) is 12.4 Å². The molecule has 0 radical (unpaired) electrons. The van der Waals surface area contributed by atoms with E-state index in [1.165, 1.54) is 6.07 Å². The van der Waals surface area contributed by atoms with Crippen molar-refractivity contribution in [3.8, 4) is 11.1 Å². The molecule has 0 bridgehead atoms. The number of halogens is 3. The second kappa shape index (κ2) is 6.00. The largest absolute Gasteiger partial charge is 0.433 e. The maximum Gasteiger partial charge on any atom is 0.433 e. The molecule has 3 heterocycles. The number of aromatic nitrogens is 3. The van der Waals surface area contributed by atoms with Crippen molar-refractivity contribution in [2.45, 2.75) is 24.9 Å². The number of hydrogen-bond acceptors (Lipinski definition) is 4. The van der Waals surface area contributed by atoms with Crippen molar-refractivity contribution in [3.63, 3.8) is 0 Å². The maximum absolute atomic E-state index is 12.7. The number of hydrogen-bond donors (Lipinski definition) is 0. The molecule has 0 amide bonds. The van der Waals surface area contributed by atoms with Crippen molar-refractivity contribution in [1.29, 1.82) is 0 Å². The third kappa shape index (κ3) is 3.24. The van der Waals surface area contributed by atoms with Crippen LogP contribution in [0.2, 0.25) is 0 Å². The smallest absolute Gasteiger partial charge is 0.381 e. The Morgan fingerprint density at radius 3 is 2.32 bits per heavy atom. The number of nitrogens with zero attached hydrogens (tertiary/aromatic N) is 3. The molecule has 7 heteroatoms. The van der Waals surface area contributed by atoms with Crippen molar-refractivity contribution in [3.05, 3.63) is 42.2 Å². The maximum atomic E-state index is 12.7. The summed E-state index contributed by atoms with van der Waals surface area (Å²) in [4.78, 5) is 12.0.